The van der Waals surface area contributed by atoms with Crippen LogP contribution >= 0.6 is 7.82 Å². The van der Waals surface area contributed by atoms with Gasteiger partial charge < -0.3 is 20.1 Å². The van der Waals surface area contributed by atoms with Gasteiger partial charge >= 0.3 is 19.8 Å². The van der Waals surface area contributed by atoms with Crippen molar-refractivity contribution in [3.05, 3.63) is 194 Å². The SMILES string of the molecule is CC/C=C\C/C=C\C/C=C\C/C=C\C/C=C\C/C=C\C/C=C\C/C=C\C/C=C\C/C=C\CCCCC(=O)OC(COC(=O)CCCCCCCC/C=C\C/C=C\C/C=C\C/C=C\C/C=C\C/C=C\CC)COP(=O)(O)OCCN. The van der Waals surface area contributed by atoms with Gasteiger partial charge in [-0.3, -0.25) is 18.6 Å². The molecule has 0 saturated heterocycles. The van der Waals surface area contributed by atoms with Gasteiger partial charge in [-0.15, -0.1) is 0 Å². The molecule has 0 heterocycles. The standard InChI is InChI=1S/C69H106NO8P/c1-3-5-7-9-11-13-15-17-19-21-23-25-27-29-30-31-32-33-34-35-36-38-40-42-44-46-48-50-52-54-56-58-60-62-69(72)78-67(66-77-79(73,74)76-64-63-70)65-75-68(71)61-59-57-55-53-51-49-47-45-43-41-39-37-28-26-24-22-20-18-16-14-12-10-8-6-4-2/h5-8,11-14,17-20,23-26,29-30,32-33,35-37,39-40,42-43,45-46,48,52,54,67H,3-4,9-10,15-16,21-22,27-28,31,34,38,41,44,47,49-51,53,55-66,70H2,1-2H3,(H,73,74)/b7-5-,8-6-,13-11-,14-12-,19-17-,20-18-,25-23-,26-24-,30-29-,33-32-,36-35-,39-37-,42-40-,45-43-,48-46-,54-52-. The van der Waals surface area contributed by atoms with Crippen molar-refractivity contribution in [3.8, 4) is 0 Å². The lowest BCUT2D eigenvalue weighted by atomic mass is 10.1. The van der Waals surface area contributed by atoms with E-state index in [0.29, 0.717) is 12.8 Å². The Kier molecular flexibility index (Phi) is 58.0. The molecule has 0 aromatic rings. The maximum atomic E-state index is 12.7. The first-order valence-electron chi connectivity index (χ1n) is 29.9. The third kappa shape index (κ3) is 61.9. The average Bonchev–Trinajstić information content (AvgIpc) is 3.44. The van der Waals surface area contributed by atoms with Crippen molar-refractivity contribution in [1.29, 1.82) is 0 Å². The smallest absolute Gasteiger partial charge is 0.462 e. The van der Waals surface area contributed by atoms with Gasteiger partial charge in [0.05, 0.1) is 13.2 Å². The summed E-state index contributed by atoms with van der Waals surface area (Å²) in [6, 6.07) is 0. The third-order valence-corrected chi connectivity index (χ3v) is 12.5. The highest BCUT2D eigenvalue weighted by atomic mass is 31.2. The predicted molar refractivity (Wildman–Crippen MR) is 338 cm³/mol. The van der Waals surface area contributed by atoms with E-state index in [1.807, 2.05) is 0 Å². The molecule has 0 aliphatic rings. The molecule has 79 heavy (non-hydrogen) atoms. The van der Waals surface area contributed by atoms with E-state index in [2.05, 4.69) is 208 Å². The van der Waals surface area contributed by atoms with Crippen molar-refractivity contribution in [2.75, 3.05) is 26.4 Å². The van der Waals surface area contributed by atoms with Gasteiger partial charge in [-0.2, -0.15) is 0 Å². The Hall–Kier alpha value is -5.15. The number of hydrogen-bond acceptors (Lipinski definition) is 8. The summed E-state index contributed by atoms with van der Waals surface area (Å²) in [7, 11) is -4.42. The highest BCUT2D eigenvalue weighted by Crippen LogP contribution is 2.43. The fraction of sp³-hybridized carbons (Fsp3) is 0.507. The molecule has 0 saturated carbocycles. The molecule has 2 atom stereocenters. The van der Waals surface area contributed by atoms with Crippen LogP contribution in [0.5, 0.6) is 0 Å². The predicted octanol–water partition coefficient (Wildman–Crippen LogP) is 19.4. The van der Waals surface area contributed by atoms with Gasteiger partial charge in [0.15, 0.2) is 6.10 Å². The third-order valence-electron chi connectivity index (χ3n) is 11.5. The number of hydrogen-bond donors (Lipinski definition) is 2. The van der Waals surface area contributed by atoms with E-state index in [1.54, 1.807) is 0 Å². The lowest BCUT2D eigenvalue weighted by molar-refractivity contribution is -0.161. The molecule has 2 unspecified atom stereocenters. The number of rotatable bonds is 53. The summed E-state index contributed by atoms with van der Waals surface area (Å²) in [6.07, 6.45) is 94.8. The van der Waals surface area contributed by atoms with Crippen molar-refractivity contribution >= 4 is 19.8 Å². The molecular formula is C69H106NO8P. The lowest BCUT2D eigenvalue weighted by Crippen LogP contribution is -2.29. The number of ether oxygens (including phenoxy) is 2. The van der Waals surface area contributed by atoms with Crippen molar-refractivity contribution in [1.82, 2.24) is 0 Å². The maximum absolute atomic E-state index is 12.7. The fourth-order valence-electron chi connectivity index (χ4n) is 7.14. The van der Waals surface area contributed by atoms with Crippen molar-refractivity contribution < 1.29 is 37.6 Å². The normalized spacial score (nSPS) is 14.4. The van der Waals surface area contributed by atoms with Crippen LogP contribution in [0, 0.1) is 0 Å². The molecule has 440 valence electrons. The molecular weight excluding hydrogens is 1000 g/mol. The molecule has 0 radical (unpaired) electrons. The van der Waals surface area contributed by atoms with E-state index < -0.39 is 32.5 Å². The molecule has 0 bridgehead atoms. The molecule has 9 nitrogen and oxygen atoms in total. The second-order valence-corrected chi connectivity index (χ2v) is 20.2. The molecule has 0 aromatic carbocycles. The molecule has 0 rings (SSSR count). The fourth-order valence-corrected chi connectivity index (χ4v) is 7.90. The molecule has 0 aliphatic carbocycles. The van der Waals surface area contributed by atoms with Crippen LogP contribution in [0.2, 0.25) is 0 Å². The minimum atomic E-state index is -4.42. The number of esters is 2. The molecule has 0 aliphatic heterocycles. The lowest BCUT2D eigenvalue weighted by Gasteiger charge is -2.19. The van der Waals surface area contributed by atoms with E-state index in [4.69, 9.17) is 24.3 Å². The summed E-state index contributed by atoms with van der Waals surface area (Å²) in [5.74, 6) is -0.915. The van der Waals surface area contributed by atoms with Crippen LogP contribution in [0.25, 0.3) is 0 Å². The van der Waals surface area contributed by atoms with Crippen LogP contribution in [0.1, 0.15) is 194 Å². The first-order valence-corrected chi connectivity index (χ1v) is 31.4. The number of phosphoric acid groups is 1. The summed E-state index contributed by atoms with van der Waals surface area (Å²) in [5, 5.41) is 0. The summed E-state index contributed by atoms with van der Waals surface area (Å²) < 4.78 is 33.0. The monoisotopic (exact) mass is 1110 g/mol. The number of unbranched alkanes of at least 4 members (excludes halogenated alkanes) is 8. The minimum absolute atomic E-state index is 0.0318. The zero-order valence-electron chi connectivity index (χ0n) is 49.0. The van der Waals surface area contributed by atoms with Crippen LogP contribution in [0.15, 0.2) is 194 Å². The number of carbonyl (C=O) groups excluding carboxylic acids is 2. The quantitative estimate of drug-likeness (QED) is 0.0264. The van der Waals surface area contributed by atoms with Gasteiger partial charge in [0, 0.05) is 19.4 Å². The minimum Gasteiger partial charge on any atom is -0.462 e. The van der Waals surface area contributed by atoms with Crippen molar-refractivity contribution in [2.24, 2.45) is 5.73 Å². The topological polar surface area (TPSA) is 134 Å². The highest BCUT2D eigenvalue weighted by Gasteiger charge is 2.26. The van der Waals surface area contributed by atoms with Gasteiger partial charge in [0.25, 0.3) is 0 Å². The zero-order chi connectivity index (χ0) is 57.3. The van der Waals surface area contributed by atoms with Gasteiger partial charge in [-0.25, -0.2) is 4.57 Å². The Morgan fingerprint density at radius 2 is 0.658 bits per heavy atom. The second kappa shape index (κ2) is 62.1. The van der Waals surface area contributed by atoms with Gasteiger partial charge in [-0.1, -0.05) is 234 Å². The van der Waals surface area contributed by atoms with Crippen LogP contribution in [-0.4, -0.2) is 49.3 Å². The molecule has 0 spiro atoms. The Bertz CT molecular complexity index is 1990. The second-order valence-electron chi connectivity index (χ2n) is 18.7. The van der Waals surface area contributed by atoms with Gasteiger partial charge in [0.1, 0.15) is 6.61 Å². The number of phosphoric ester groups is 1. The number of allylic oxidation sites excluding steroid dienone is 32. The molecule has 0 aromatic heterocycles. The highest BCUT2D eigenvalue weighted by molar-refractivity contribution is 7.47. The first kappa shape index (κ1) is 73.8. The zero-order valence-corrected chi connectivity index (χ0v) is 49.9. The Labute approximate surface area is 481 Å². The van der Waals surface area contributed by atoms with E-state index in [-0.39, 0.29) is 32.6 Å². The van der Waals surface area contributed by atoms with Crippen molar-refractivity contribution in [3.63, 3.8) is 0 Å². The molecule has 0 amide bonds. The van der Waals surface area contributed by atoms with Crippen molar-refractivity contribution in [2.45, 2.75) is 200 Å². The van der Waals surface area contributed by atoms with Gasteiger partial charge in [0.2, 0.25) is 0 Å². The number of carbonyl (C=O) groups is 2. The van der Waals surface area contributed by atoms with Crippen LogP contribution in [0.4, 0.5) is 0 Å². The largest absolute Gasteiger partial charge is 0.472 e. The number of nitrogens with two attached hydrogens (primary N) is 1. The summed E-state index contributed by atoms with van der Waals surface area (Å²) in [6.45, 7) is 3.41. The van der Waals surface area contributed by atoms with E-state index in [0.717, 1.165) is 154 Å². The maximum Gasteiger partial charge on any atom is 0.472 e. The van der Waals surface area contributed by atoms with Crippen LogP contribution < -0.4 is 5.73 Å². The van der Waals surface area contributed by atoms with E-state index in [1.165, 1.54) is 0 Å². The van der Waals surface area contributed by atoms with Crippen LogP contribution in [-0.2, 0) is 32.7 Å². The summed E-state index contributed by atoms with van der Waals surface area (Å²) in [4.78, 5) is 35.2. The Morgan fingerprint density at radius 3 is 1.00 bits per heavy atom. The summed E-state index contributed by atoms with van der Waals surface area (Å²) >= 11 is 0. The van der Waals surface area contributed by atoms with E-state index in [9.17, 15) is 19.0 Å². The summed E-state index contributed by atoms with van der Waals surface area (Å²) in [5.41, 5.74) is 5.38. The average molecular weight is 1110 g/mol. The molecule has 10 heteroatoms. The van der Waals surface area contributed by atoms with E-state index >= 15 is 0 Å². The molecule has 3 N–H and O–H groups in total. The Balaban J connectivity index is 4.18. The molecule has 0 fully saturated rings. The van der Waals surface area contributed by atoms with Gasteiger partial charge in [-0.05, 0) is 141 Å². The first-order chi connectivity index (χ1) is 38.8. The van der Waals surface area contributed by atoms with Crippen LogP contribution in [0.3, 0.4) is 0 Å². The Morgan fingerprint density at radius 1 is 0.380 bits per heavy atom.